The van der Waals surface area contributed by atoms with Gasteiger partial charge in [0.05, 0.1) is 6.07 Å². The van der Waals surface area contributed by atoms with Gasteiger partial charge in [-0.25, -0.2) is 0 Å². The van der Waals surface area contributed by atoms with E-state index in [-0.39, 0.29) is 6.04 Å². The van der Waals surface area contributed by atoms with Gasteiger partial charge in [-0.15, -0.1) is 0 Å². The summed E-state index contributed by atoms with van der Waals surface area (Å²) in [5.74, 6) is 0. The molecule has 3 heteroatoms. The Morgan fingerprint density at radius 1 is 1.11 bits per heavy atom. The maximum atomic E-state index is 9.19. The van der Waals surface area contributed by atoms with E-state index in [9.17, 15) is 5.26 Å². The van der Waals surface area contributed by atoms with E-state index in [1.807, 2.05) is 42.5 Å². The molecule has 2 aromatic carbocycles. The molecule has 0 aliphatic heterocycles. The van der Waals surface area contributed by atoms with Gasteiger partial charge in [0.1, 0.15) is 6.04 Å². The van der Waals surface area contributed by atoms with Crippen LogP contribution >= 0.6 is 11.6 Å². The summed E-state index contributed by atoms with van der Waals surface area (Å²) in [7, 11) is 0. The third-order valence-electron chi connectivity index (χ3n) is 2.89. The maximum absolute atomic E-state index is 9.19. The van der Waals surface area contributed by atoms with Crippen molar-refractivity contribution in [1.82, 2.24) is 0 Å². The molecule has 1 unspecified atom stereocenters. The van der Waals surface area contributed by atoms with E-state index in [0.717, 1.165) is 18.5 Å². The van der Waals surface area contributed by atoms with Crippen LogP contribution in [0, 0.1) is 11.3 Å². The quantitative estimate of drug-likeness (QED) is 0.880. The zero-order valence-electron chi connectivity index (χ0n) is 10.5. The van der Waals surface area contributed by atoms with Crippen molar-refractivity contribution < 1.29 is 0 Å². The number of aryl methyl sites for hydroxylation is 1. The minimum Gasteiger partial charge on any atom is -0.370 e. The summed E-state index contributed by atoms with van der Waals surface area (Å²) in [4.78, 5) is 0. The fraction of sp³-hybridized carbons (Fsp3) is 0.188. The minimum absolute atomic E-state index is 0.210. The van der Waals surface area contributed by atoms with E-state index in [0.29, 0.717) is 5.02 Å². The number of nitrogens with zero attached hydrogens (tertiary/aromatic N) is 1. The molecule has 0 aliphatic rings. The normalized spacial score (nSPS) is 11.6. The molecule has 0 radical (unpaired) electrons. The number of nitriles is 1. The number of hydrogen-bond acceptors (Lipinski definition) is 2. The first-order valence-corrected chi connectivity index (χ1v) is 6.61. The molecule has 96 valence electrons. The van der Waals surface area contributed by atoms with E-state index in [1.165, 1.54) is 5.56 Å². The highest BCUT2D eigenvalue weighted by atomic mass is 35.5. The molecule has 1 N–H and O–H groups in total. The van der Waals surface area contributed by atoms with Gasteiger partial charge in [-0.1, -0.05) is 48.0 Å². The van der Waals surface area contributed by atoms with Crippen molar-refractivity contribution >= 4 is 17.3 Å². The Kier molecular flexibility index (Phi) is 4.83. The zero-order chi connectivity index (χ0) is 13.5. The van der Waals surface area contributed by atoms with Crippen molar-refractivity contribution in [2.75, 3.05) is 5.32 Å². The van der Waals surface area contributed by atoms with Crippen molar-refractivity contribution in [2.45, 2.75) is 18.9 Å². The van der Waals surface area contributed by atoms with Crippen LogP contribution in [-0.4, -0.2) is 6.04 Å². The molecule has 0 aliphatic carbocycles. The van der Waals surface area contributed by atoms with Crippen LogP contribution in [0.2, 0.25) is 5.02 Å². The summed E-state index contributed by atoms with van der Waals surface area (Å²) in [6.45, 7) is 0. The van der Waals surface area contributed by atoms with E-state index in [2.05, 4.69) is 23.5 Å². The fourth-order valence-corrected chi connectivity index (χ4v) is 2.09. The summed E-state index contributed by atoms with van der Waals surface area (Å²) in [6, 6.07) is 19.7. The molecule has 0 heterocycles. The lowest BCUT2D eigenvalue weighted by Gasteiger charge is -2.13. The molecule has 1 atom stereocenters. The van der Waals surface area contributed by atoms with Crippen LogP contribution in [0.4, 0.5) is 5.69 Å². The molecule has 0 saturated heterocycles. The third-order valence-corrected chi connectivity index (χ3v) is 3.12. The molecular weight excluding hydrogens is 256 g/mol. The number of nitrogens with one attached hydrogen (secondary N) is 1. The average Bonchev–Trinajstić information content (AvgIpc) is 2.44. The van der Waals surface area contributed by atoms with Crippen LogP contribution in [0.5, 0.6) is 0 Å². The predicted octanol–water partition coefficient (Wildman–Crippen LogP) is 4.28. The Morgan fingerprint density at radius 3 is 2.58 bits per heavy atom. The molecular formula is C16H15ClN2. The number of hydrogen-bond donors (Lipinski definition) is 1. The molecule has 2 rings (SSSR count). The number of benzene rings is 2. The third kappa shape index (κ3) is 4.31. The van der Waals surface area contributed by atoms with Crippen LogP contribution < -0.4 is 5.32 Å². The van der Waals surface area contributed by atoms with Gasteiger partial charge < -0.3 is 5.32 Å². The molecule has 0 amide bonds. The minimum atomic E-state index is -0.210. The number of rotatable bonds is 5. The summed E-state index contributed by atoms with van der Waals surface area (Å²) in [5.41, 5.74) is 2.13. The van der Waals surface area contributed by atoms with E-state index in [1.54, 1.807) is 0 Å². The molecule has 0 saturated carbocycles. The summed E-state index contributed by atoms with van der Waals surface area (Å²) in [6.07, 6.45) is 1.65. The van der Waals surface area contributed by atoms with Crippen LogP contribution in [0.25, 0.3) is 0 Å². The first-order valence-electron chi connectivity index (χ1n) is 6.23. The summed E-state index contributed by atoms with van der Waals surface area (Å²) in [5, 5.41) is 13.1. The fourth-order valence-electron chi connectivity index (χ4n) is 1.90. The predicted molar refractivity (Wildman–Crippen MR) is 79.2 cm³/mol. The second kappa shape index (κ2) is 6.82. The Balaban J connectivity index is 1.92. The van der Waals surface area contributed by atoms with Crippen molar-refractivity contribution in [3.05, 3.63) is 65.2 Å². The van der Waals surface area contributed by atoms with Gasteiger partial charge in [-0.3, -0.25) is 0 Å². The molecule has 2 aromatic rings. The molecule has 0 fully saturated rings. The van der Waals surface area contributed by atoms with Gasteiger partial charge in [-0.05, 0) is 36.6 Å². The zero-order valence-corrected chi connectivity index (χ0v) is 11.3. The first kappa shape index (κ1) is 13.5. The lowest BCUT2D eigenvalue weighted by Crippen LogP contribution is -2.18. The first-order chi connectivity index (χ1) is 9.28. The van der Waals surface area contributed by atoms with E-state index >= 15 is 0 Å². The largest absolute Gasteiger partial charge is 0.370 e. The van der Waals surface area contributed by atoms with Crippen molar-refractivity contribution in [1.29, 1.82) is 5.26 Å². The summed E-state index contributed by atoms with van der Waals surface area (Å²) < 4.78 is 0. The lowest BCUT2D eigenvalue weighted by atomic mass is 10.1. The van der Waals surface area contributed by atoms with Gasteiger partial charge in [-0.2, -0.15) is 5.26 Å². The SMILES string of the molecule is N#CC(CCc1ccccc1)Nc1cccc(Cl)c1. The smallest absolute Gasteiger partial charge is 0.114 e. The Hall–Kier alpha value is -1.98. The molecule has 0 spiro atoms. The Labute approximate surface area is 118 Å². The van der Waals surface area contributed by atoms with Crippen molar-refractivity contribution in [2.24, 2.45) is 0 Å². The Bertz CT molecular complexity index is 560. The highest BCUT2D eigenvalue weighted by Gasteiger charge is 2.07. The molecule has 0 bridgehead atoms. The highest BCUT2D eigenvalue weighted by Crippen LogP contribution is 2.17. The van der Waals surface area contributed by atoms with Gasteiger partial charge in [0.25, 0.3) is 0 Å². The van der Waals surface area contributed by atoms with Crippen molar-refractivity contribution in [3.8, 4) is 6.07 Å². The van der Waals surface area contributed by atoms with E-state index in [4.69, 9.17) is 11.6 Å². The monoisotopic (exact) mass is 270 g/mol. The van der Waals surface area contributed by atoms with Crippen LogP contribution in [-0.2, 0) is 6.42 Å². The molecule has 19 heavy (non-hydrogen) atoms. The van der Waals surface area contributed by atoms with Crippen molar-refractivity contribution in [3.63, 3.8) is 0 Å². The van der Waals surface area contributed by atoms with E-state index < -0.39 is 0 Å². The lowest BCUT2D eigenvalue weighted by molar-refractivity contribution is 0.769. The second-order valence-corrected chi connectivity index (χ2v) is 4.80. The van der Waals surface area contributed by atoms with Gasteiger partial charge in [0.15, 0.2) is 0 Å². The highest BCUT2D eigenvalue weighted by molar-refractivity contribution is 6.30. The molecule has 0 aromatic heterocycles. The van der Waals surface area contributed by atoms with Crippen LogP contribution in [0.3, 0.4) is 0 Å². The second-order valence-electron chi connectivity index (χ2n) is 4.36. The number of halogens is 1. The average molecular weight is 271 g/mol. The maximum Gasteiger partial charge on any atom is 0.114 e. The van der Waals surface area contributed by atoms with Gasteiger partial charge >= 0.3 is 0 Å². The van der Waals surface area contributed by atoms with Crippen LogP contribution in [0.1, 0.15) is 12.0 Å². The van der Waals surface area contributed by atoms with Gasteiger partial charge in [0, 0.05) is 10.7 Å². The van der Waals surface area contributed by atoms with Gasteiger partial charge in [0.2, 0.25) is 0 Å². The summed E-state index contributed by atoms with van der Waals surface area (Å²) >= 11 is 5.92. The standard InChI is InChI=1S/C16H15ClN2/c17-14-7-4-8-15(11-14)19-16(12-18)10-9-13-5-2-1-3-6-13/h1-8,11,16,19H,9-10H2. The van der Waals surface area contributed by atoms with Crippen LogP contribution in [0.15, 0.2) is 54.6 Å². The Morgan fingerprint density at radius 2 is 1.89 bits per heavy atom. The number of anilines is 1. The molecule has 2 nitrogen and oxygen atoms in total. The topological polar surface area (TPSA) is 35.8 Å².